The van der Waals surface area contributed by atoms with Gasteiger partial charge in [0.2, 0.25) is 0 Å². The van der Waals surface area contributed by atoms with Crippen LogP contribution in [0.15, 0.2) is 58.9 Å². The lowest BCUT2D eigenvalue weighted by Gasteiger charge is -2.16. The molecule has 0 unspecified atom stereocenters. The van der Waals surface area contributed by atoms with E-state index in [1.54, 1.807) is 38.4 Å². The van der Waals surface area contributed by atoms with Gasteiger partial charge in [0.25, 0.3) is 5.91 Å². The van der Waals surface area contributed by atoms with Crippen molar-refractivity contribution in [1.82, 2.24) is 4.98 Å². The molecule has 1 amide bonds. The zero-order valence-corrected chi connectivity index (χ0v) is 22.9. The standard InChI is InChI=1S/C27H32N2O6S2/c1-4-33-24(30)11-13-36-25-17-28-27(37-25)29-26(31)21-14-22(16-23(15-21)35-19(2)18-32-3)34-12-10-20-8-6-5-7-9-20/h5-9,14-17,19H,4,10-13,18H2,1-3H3,(H,28,29,31)/t19-/m0/s1. The number of thiazole rings is 1. The third-order valence-electron chi connectivity index (χ3n) is 4.94. The predicted octanol–water partition coefficient (Wildman–Crippen LogP) is 5.48. The van der Waals surface area contributed by atoms with Crippen molar-refractivity contribution in [2.45, 2.75) is 37.0 Å². The van der Waals surface area contributed by atoms with Crippen LogP contribution in [0.5, 0.6) is 11.5 Å². The highest BCUT2D eigenvalue weighted by atomic mass is 32.2. The summed E-state index contributed by atoms with van der Waals surface area (Å²) in [6.45, 7) is 4.92. The fraction of sp³-hybridized carbons (Fsp3) is 0.370. The number of carbonyl (C=O) groups is 2. The van der Waals surface area contributed by atoms with Gasteiger partial charge in [0.1, 0.15) is 17.6 Å². The molecule has 1 heterocycles. The normalized spacial score (nSPS) is 11.5. The van der Waals surface area contributed by atoms with E-state index in [0.29, 0.717) is 54.2 Å². The van der Waals surface area contributed by atoms with E-state index in [1.807, 2.05) is 37.3 Å². The third kappa shape index (κ3) is 10.1. The second-order valence-electron chi connectivity index (χ2n) is 8.00. The number of esters is 1. The highest BCUT2D eigenvalue weighted by molar-refractivity contribution is 8.01. The Labute approximate surface area is 225 Å². The van der Waals surface area contributed by atoms with Gasteiger partial charge in [-0.3, -0.25) is 14.9 Å². The van der Waals surface area contributed by atoms with E-state index in [0.717, 1.165) is 10.6 Å². The topological polar surface area (TPSA) is 96.0 Å². The van der Waals surface area contributed by atoms with Crippen molar-refractivity contribution in [2.24, 2.45) is 0 Å². The molecule has 198 valence electrons. The highest BCUT2D eigenvalue weighted by Crippen LogP contribution is 2.30. The smallest absolute Gasteiger partial charge is 0.306 e. The summed E-state index contributed by atoms with van der Waals surface area (Å²) < 4.78 is 22.9. The zero-order chi connectivity index (χ0) is 26.5. The van der Waals surface area contributed by atoms with Gasteiger partial charge < -0.3 is 18.9 Å². The number of thioether (sulfide) groups is 1. The molecule has 0 saturated carbocycles. The quantitative estimate of drug-likeness (QED) is 0.199. The summed E-state index contributed by atoms with van der Waals surface area (Å²) in [6, 6.07) is 15.2. The Morgan fingerprint density at radius 1 is 1.14 bits per heavy atom. The summed E-state index contributed by atoms with van der Waals surface area (Å²) in [6.07, 6.45) is 2.54. The Morgan fingerprint density at radius 3 is 2.68 bits per heavy atom. The van der Waals surface area contributed by atoms with Crippen LogP contribution in [0.25, 0.3) is 0 Å². The Balaban J connectivity index is 1.64. The second kappa shape index (κ2) is 15.2. The van der Waals surface area contributed by atoms with Crippen molar-refractivity contribution in [3.05, 3.63) is 65.9 Å². The van der Waals surface area contributed by atoms with Crippen molar-refractivity contribution in [1.29, 1.82) is 0 Å². The molecule has 37 heavy (non-hydrogen) atoms. The van der Waals surface area contributed by atoms with E-state index >= 15 is 0 Å². The van der Waals surface area contributed by atoms with Crippen molar-refractivity contribution in [3.8, 4) is 11.5 Å². The second-order valence-corrected chi connectivity index (χ2v) is 10.4. The van der Waals surface area contributed by atoms with Crippen LogP contribution in [0, 0.1) is 0 Å². The molecule has 3 rings (SSSR count). The Hall–Kier alpha value is -3.08. The monoisotopic (exact) mass is 544 g/mol. The zero-order valence-electron chi connectivity index (χ0n) is 21.2. The summed E-state index contributed by atoms with van der Waals surface area (Å²) in [7, 11) is 1.61. The average molecular weight is 545 g/mol. The molecule has 3 aromatic rings. The van der Waals surface area contributed by atoms with Crippen molar-refractivity contribution in [2.75, 3.05) is 38.0 Å². The number of carbonyl (C=O) groups excluding carboxylic acids is 2. The maximum atomic E-state index is 13.1. The molecule has 0 spiro atoms. The predicted molar refractivity (Wildman–Crippen MR) is 146 cm³/mol. The van der Waals surface area contributed by atoms with Crippen molar-refractivity contribution >= 4 is 40.1 Å². The molecule has 10 heteroatoms. The average Bonchev–Trinajstić information content (AvgIpc) is 3.32. The molecule has 8 nitrogen and oxygen atoms in total. The van der Waals surface area contributed by atoms with Gasteiger partial charge in [0.05, 0.1) is 36.6 Å². The number of rotatable bonds is 15. The molecule has 0 aliphatic heterocycles. The highest BCUT2D eigenvalue weighted by Gasteiger charge is 2.15. The van der Waals surface area contributed by atoms with Crippen LogP contribution in [-0.2, 0) is 20.7 Å². The first-order valence-electron chi connectivity index (χ1n) is 12.0. The minimum Gasteiger partial charge on any atom is -0.493 e. The molecule has 2 aromatic carbocycles. The number of ether oxygens (including phenoxy) is 4. The number of nitrogens with one attached hydrogen (secondary N) is 1. The molecule has 1 atom stereocenters. The summed E-state index contributed by atoms with van der Waals surface area (Å²) >= 11 is 2.84. The van der Waals surface area contributed by atoms with E-state index in [9.17, 15) is 9.59 Å². The number of hydrogen-bond donors (Lipinski definition) is 1. The number of benzene rings is 2. The number of aromatic nitrogens is 1. The lowest BCUT2D eigenvalue weighted by atomic mass is 10.1. The lowest BCUT2D eigenvalue weighted by Crippen LogP contribution is -2.19. The molecular formula is C27H32N2O6S2. The fourth-order valence-electron chi connectivity index (χ4n) is 3.31. The van der Waals surface area contributed by atoms with Crippen molar-refractivity contribution < 1.29 is 28.5 Å². The van der Waals surface area contributed by atoms with E-state index in [2.05, 4.69) is 10.3 Å². The first kappa shape index (κ1) is 28.5. The van der Waals surface area contributed by atoms with E-state index in [4.69, 9.17) is 18.9 Å². The van der Waals surface area contributed by atoms with Crippen molar-refractivity contribution in [3.63, 3.8) is 0 Å². The van der Waals surface area contributed by atoms with Gasteiger partial charge in [-0.2, -0.15) is 0 Å². The molecular weight excluding hydrogens is 512 g/mol. The first-order valence-corrected chi connectivity index (χ1v) is 13.8. The maximum absolute atomic E-state index is 13.1. The summed E-state index contributed by atoms with van der Waals surface area (Å²) in [5.41, 5.74) is 1.56. The Bertz CT molecular complexity index is 1140. The summed E-state index contributed by atoms with van der Waals surface area (Å²) in [5.74, 6) is 1.09. The fourth-order valence-corrected chi connectivity index (χ4v) is 5.17. The van der Waals surface area contributed by atoms with Gasteiger partial charge in [-0.1, -0.05) is 41.7 Å². The van der Waals surface area contributed by atoms with Crippen LogP contribution in [-0.4, -0.2) is 55.6 Å². The first-order chi connectivity index (χ1) is 18.0. The largest absolute Gasteiger partial charge is 0.493 e. The van der Waals surface area contributed by atoms with Gasteiger partial charge in [0, 0.05) is 30.9 Å². The molecule has 0 fully saturated rings. The molecule has 1 aromatic heterocycles. The minimum absolute atomic E-state index is 0.200. The van der Waals surface area contributed by atoms with Crippen LogP contribution >= 0.6 is 23.1 Å². The summed E-state index contributed by atoms with van der Waals surface area (Å²) in [5, 5.41) is 3.31. The van der Waals surface area contributed by atoms with Gasteiger partial charge in [-0.15, -0.1) is 11.8 Å². The Kier molecular flexibility index (Phi) is 11.7. The number of hydrogen-bond acceptors (Lipinski definition) is 9. The van der Waals surface area contributed by atoms with Gasteiger partial charge in [-0.25, -0.2) is 4.98 Å². The molecule has 0 radical (unpaired) electrons. The van der Waals surface area contributed by atoms with E-state index < -0.39 is 0 Å². The number of anilines is 1. The van der Waals surface area contributed by atoms with Gasteiger partial charge >= 0.3 is 5.97 Å². The molecule has 0 aliphatic carbocycles. The van der Waals surface area contributed by atoms with Crippen LogP contribution in [0.3, 0.4) is 0 Å². The van der Waals surface area contributed by atoms with Crippen LogP contribution in [0.2, 0.25) is 0 Å². The molecule has 1 N–H and O–H groups in total. The minimum atomic E-state index is -0.324. The number of nitrogens with zero attached hydrogens (tertiary/aromatic N) is 1. The molecule has 0 bridgehead atoms. The van der Waals surface area contributed by atoms with Gasteiger partial charge in [-0.05, 0) is 31.5 Å². The van der Waals surface area contributed by atoms with Crippen LogP contribution < -0.4 is 14.8 Å². The Morgan fingerprint density at radius 2 is 1.92 bits per heavy atom. The summed E-state index contributed by atoms with van der Waals surface area (Å²) in [4.78, 5) is 28.9. The third-order valence-corrected chi connectivity index (χ3v) is 7.05. The number of amides is 1. The maximum Gasteiger partial charge on any atom is 0.306 e. The molecule has 0 saturated heterocycles. The van der Waals surface area contributed by atoms with E-state index in [-0.39, 0.29) is 18.0 Å². The number of methoxy groups -OCH3 is 1. The van der Waals surface area contributed by atoms with Crippen LogP contribution in [0.4, 0.5) is 5.13 Å². The van der Waals surface area contributed by atoms with E-state index in [1.165, 1.54) is 28.7 Å². The SMILES string of the molecule is CCOC(=O)CCSc1cnc(NC(=O)c2cc(OCCc3ccccc3)cc(O[C@@H](C)COC)c2)s1. The van der Waals surface area contributed by atoms with Crippen LogP contribution in [0.1, 0.15) is 36.2 Å². The van der Waals surface area contributed by atoms with Gasteiger partial charge in [0.15, 0.2) is 5.13 Å². The lowest BCUT2D eigenvalue weighted by molar-refractivity contribution is -0.142. The molecule has 0 aliphatic rings.